The van der Waals surface area contributed by atoms with E-state index >= 15 is 0 Å². The van der Waals surface area contributed by atoms with Gasteiger partial charge in [0, 0.05) is 55.4 Å². The molecule has 10 heteroatoms. The Bertz CT molecular complexity index is 963. The average Bonchev–Trinajstić information content (AvgIpc) is 2.82. The Morgan fingerprint density at radius 1 is 1.36 bits per heavy atom. The number of nitrogens with one attached hydrogen (secondary N) is 1. The van der Waals surface area contributed by atoms with Gasteiger partial charge in [-0.25, -0.2) is 4.98 Å². The zero-order chi connectivity index (χ0) is 23.8. The molecule has 0 aromatic carbocycles. The van der Waals surface area contributed by atoms with Crippen LogP contribution in [0.3, 0.4) is 0 Å². The van der Waals surface area contributed by atoms with E-state index < -0.39 is 12.0 Å². The standard InChI is InChI=1S/C23H33N7O2S/c1-3-4-15-11-21(29-23(33-2)22(15)17(24)12-20(25)32)30-9-5-16(6-10-30)28-14-19(31)18-13-26-7-8-27-18/h7-8,11-13,16,19,28,31H,3-6,9-10,14,24H2,1-2H3,(H2,25,32)/b17-12-. The fourth-order valence-corrected chi connectivity index (χ4v) is 4.68. The quantitative estimate of drug-likeness (QED) is 0.300. The van der Waals surface area contributed by atoms with E-state index in [0.717, 1.165) is 60.7 Å². The number of primary amides is 1. The van der Waals surface area contributed by atoms with Crippen molar-refractivity contribution in [3.63, 3.8) is 0 Å². The van der Waals surface area contributed by atoms with E-state index in [4.69, 9.17) is 16.5 Å². The van der Waals surface area contributed by atoms with Crippen LogP contribution >= 0.6 is 11.8 Å². The SMILES string of the molecule is CCCc1cc(N2CCC(NCC(O)c3cnccn3)CC2)nc(SC)c1/C(N)=C/C(N)=O. The summed E-state index contributed by atoms with van der Waals surface area (Å²) >= 11 is 1.52. The summed E-state index contributed by atoms with van der Waals surface area (Å²) < 4.78 is 0. The number of anilines is 1. The zero-order valence-corrected chi connectivity index (χ0v) is 20.0. The van der Waals surface area contributed by atoms with E-state index in [9.17, 15) is 9.90 Å². The summed E-state index contributed by atoms with van der Waals surface area (Å²) in [6.45, 7) is 4.27. The molecule has 0 bridgehead atoms. The molecule has 2 aromatic heterocycles. The van der Waals surface area contributed by atoms with Crippen LogP contribution in [0.4, 0.5) is 5.82 Å². The molecular formula is C23H33N7O2S. The molecule has 1 atom stereocenters. The molecule has 1 unspecified atom stereocenters. The molecule has 1 aliphatic rings. The monoisotopic (exact) mass is 471 g/mol. The number of hydrogen-bond donors (Lipinski definition) is 4. The van der Waals surface area contributed by atoms with Crippen molar-refractivity contribution < 1.29 is 9.90 Å². The highest BCUT2D eigenvalue weighted by Gasteiger charge is 2.23. The van der Waals surface area contributed by atoms with Gasteiger partial charge in [-0.1, -0.05) is 13.3 Å². The fraction of sp³-hybridized carbons (Fsp3) is 0.478. The van der Waals surface area contributed by atoms with Gasteiger partial charge in [0.25, 0.3) is 0 Å². The van der Waals surface area contributed by atoms with Crippen molar-refractivity contribution >= 4 is 29.2 Å². The number of amides is 1. The third kappa shape index (κ3) is 6.66. The molecule has 9 nitrogen and oxygen atoms in total. The Labute approximate surface area is 199 Å². The third-order valence-corrected chi connectivity index (χ3v) is 6.38. The topological polar surface area (TPSA) is 143 Å². The largest absolute Gasteiger partial charge is 0.398 e. The molecule has 33 heavy (non-hydrogen) atoms. The third-order valence-electron chi connectivity index (χ3n) is 5.70. The number of carbonyl (C=O) groups excluding carboxylic acids is 1. The normalized spacial score (nSPS) is 16.1. The number of rotatable bonds is 10. The van der Waals surface area contributed by atoms with Gasteiger partial charge in [-0.3, -0.25) is 14.8 Å². The lowest BCUT2D eigenvalue weighted by Gasteiger charge is -2.34. The first kappa shape index (κ1) is 24.9. The number of piperidine rings is 1. The predicted molar refractivity (Wildman–Crippen MR) is 132 cm³/mol. The second-order valence-electron chi connectivity index (χ2n) is 8.09. The van der Waals surface area contributed by atoms with Crippen LogP contribution in [0.1, 0.15) is 49.1 Å². The van der Waals surface area contributed by atoms with Crippen molar-refractivity contribution in [2.45, 2.75) is 49.8 Å². The summed E-state index contributed by atoms with van der Waals surface area (Å²) in [6.07, 6.45) is 11.0. The number of nitrogens with zero attached hydrogens (tertiary/aromatic N) is 4. The highest BCUT2D eigenvalue weighted by Crippen LogP contribution is 2.31. The van der Waals surface area contributed by atoms with Crippen LogP contribution in [-0.4, -0.2) is 57.9 Å². The van der Waals surface area contributed by atoms with E-state index in [1.54, 1.807) is 18.6 Å². The summed E-state index contributed by atoms with van der Waals surface area (Å²) in [5.74, 6) is 0.363. The smallest absolute Gasteiger partial charge is 0.243 e. The zero-order valence-electron chi connectivity index (χ0n) is 19.2. The maximum absolute atomic E-state index is 11.4. The molecule has 1 amide bonds. The molecule has 0 saturated carbocycles. The number of nitrogens with two attached hydrogens (primary N) is 2. The summed E-state index contributed by atoms with van der Waals surface area (Å²) in [4.78, 5) is 26.7. The molecule has 2 aromatic rings. The Morgan fingerprint density at radius 2 is 2.12 bits per heavy atom. The van der Waals surface area contributed by atoms with Gasteiger partial charge in [-0.05, 0) is 37.1 Å². The second-order valence-corrected chi connectivity index (χ2v) is 8.89. The Hall–Kier alpha value is -2.69. The Balaban J connectivity index is 1.68. The summed E-state index contributed by atoms with van der Waals surface area (Å²) in [7, 11) is 0. The molecule has 0 spiro atoms. The molecule has 3 rings (SSSR count). The molecule has 178 valence electrons. The van der Waals surface area contributed by atoms with E-state index in [1.165, 1.54) is 17.8 Å². The van der Waals surface area contributed by atoms with E-state index in [0.29, 0.717) is 24.0 Å². The highest BCUT2D eigenvalue weighted by atomic mass is 32.2. The maximum atomic E-state index is 11.4. The first-order valence-electron chi connectivity index (χ1n) is 11.2. The number of aryl methyl sites for hydroxylation is 1. The van der Waals surface area contributed by atoms with Crippen LogP contribution in [0.2, 0.25) is 0 Å². The number of pyridine rings is 1. The number of aliphatic hydroxyl groups is 1. The lowest BCUT2D eigenvalue weighted by atomic mass is 10.0. The Kier molecular flexibility index (Phi) is 9.04. The number of carbonyl (C=O) groups is 1. The molecule has 3 heterocycles. The van der Waals surface area contributed by atoms with Crippen LogP contribution in [0.25, 0.3) is 5.70 Å². The van der Waals surface area contributed by atoms with E-state index in [2.05, 4.69) is 33.2 Å². The summed E-state index contributed by atoms with van der Waals surface area (Å²) in [5.41, 5.74) is 14.3. The van der Waals surface area contributed by atoms with Crippen molar-refractivity contribution in [2.24, 2.45) is 11.5 Å². The van der Waals surface area contributed by atoms with Crippen LogP contribution in [0, 0.1) is 0 Å². The van der Waals surface area contributed by atoms with Gasteiger partial charge in [0.15, 0.2) is 0 Å². The van der Waals surface area contributed by atoms with Gasteiger partial charge in [0.2, 0.25) is 5.91 Å². The molecule has 0 radical (unpaired) electrons. The van der Waals surface area contributed by atoms with Crippen LogP contribution in [-0.2, 0) is 11.2 Å². The van der Waals surface area contributed by atoms with Crippen LogP contribution in [0.5, 0.6) is 0 Å². The van der Waals surface area contributed by atoms with Crippen LogP contribution < -0.4 is 21.7 Å². The summed E-state index contributed by atoms with van der Waals surface area (Å²) in [5, 5.41) is 14.6. The number of aromatic nitrogens is 3. The number of thioether (sulfide) groups is 1. The van der Waals surface area contributed by atoms with Crippen molar-refractivity contribution in [2.75, 3.05) is 30.8 Å². The lowest BCUT2D eigenvalue weighted by Crippen LogP contribution is -2.44. The van der Waals surface area contributed by atoms with Gasteiger partial charge in [0.1, 0.15) is 16.9 Å². The first-order valence-corrected chi connectivity index (χ1v) is 12.4. The van der Waals surface area contributed by atoms with Crippen molar-refractivity contribution in [1.82, 2.24) is 20.3 Å². The molecule has 1 saturated heterocycles. The van der Waals surface area contributed by atoms with Gasteiger partial charge in [-0.15, -0.1) is 11.8 Å². The minimum Gasteiger partial charge on any atom is -0.398 e. The molecule has 1 aliphatic heterocycles. The first-order chi connectivity index (χ1) is 15.9. The predicted octanol–water partition coefficient (Wildman–Crippen LogP) is 1.62. The van der Waals surface area contributed by atoms with Crippen molar-refractivity contribution in [3.8, 4) is 0 Å². The van der Waals surface area contributed by atoms with E-state index in [-0.39, 0.29) is 0 Å². The van der Waals surface area contributed by atoms with Gasteiger partial charge in [0.05, 0.1) is 11.9 Å². The summed E-state index contributed by atoms with van der Waals surface area (Å²) in [6, 6.07) is 2.40. The minimum absolute atomic E-state index is 0.316. The second kappa shape index (κ2) is 12.0. The van der Waals surface area contributed by atoms with Gasteiger partial charge in [-0.2, -0.15) is 0 Å². The number of hydrogen-bond acceptors (Lipinski definition) is 9. The van der Waals surface area contributed by atoms with Crippen molar-refractivity contribution in [1.29, 1.82) is 0 Å². The maximum Gasteiger partial charge on any atom is 0.243 e. The molecule has 1 fully saturated rings. The minimum atomic E-state index is -0.675. The lowest BCUT2D eigenvalue weighted by molar-refractivity contribution is -0.113. The van der Waals surface area contributed by atoms with E-state index in [1.807, 2.05) is 6.26 Å². The fourth-order valence-electron chi connectivity index (χ4n) is 4.05. The van der Waals surface area contributed by atoms with Crippen LogP contribution in [0.15, 0.2) is 35.8 Å². The molecule has 0 aliphatic carbocycles. The average molecular weight is 472 g/mol. The van der Waals surface area contributed by atoms with Crippen molar-refractivity contribution in [3.05, 3.63) is 47.6 Å². The highest BCUT2D eigenvalue weighted by molar-refractivity contribution is 7.98. The van der Waals surface area contributed by atoms with Gasteiger partial charge < -0.3 is 26.8 Å². The van der Waals surface area contributed by atoms with Gasteiger partial charge >= 0.3 is 0 Å². The molecular weight excluding hydrogens is 438 g/mol. The number of aliphatic hydroxyl groups excluding tert-OH is 1. The Morgan fingerprint density at radius 3 is 2.73 bits per heavy atom. The molecule has 6 N–H and O–H groups in total.